The molecule has 1 atom stereocenters. The molecule has 1 aromatic carbocycles. The highest BCUT2D eigenvalue weighted by Gasteiger charge is 2.31. The quantitative estimate of drug-likeness (QED) is 0.920. The number of ether oxygens (including phenoxy) is 1. The van der Waals surface area contributed by atoms with Crippen molar-refractivity contribution in [3.05, 3.63) is 52.9 Å². The Morgan fingerprint density at radius 1 is 1.26 bits per heavy atom. The van der Waals surface area contributed by atoms with Gasteiger partial charge in [0, 0.05) is 6.42 Å². The van der Waals surface area contributed by atoms with Crippen LogP contribution in [-0.2, 0) is 11.2 Å². The lowest BCUT2D eigenvalue weighted by molar-refractivity contribution is 0.164. The standard InChI is InChI=1S/C18H22N2O3/c1-12-16(17-19-18(2,3)11-22-17)15(23-20-12)10-9-14(21)13-7-5-4-6-8-13/h4-8,14,21H,9-11H2,1-3H3. The Bertz CT molecular complexity index is 704. The lowest BCUT2D eigenvalue weighted by Crippen LogP contribution is -2.17. The first kappa shape index (κ1) is 15.7. The van der Waals surface area contributed by atoms with Crippen molar-refractivity contribution in [3.8, 4) is 0 Å². The van der Waals surface area contributed by atoms with Crippen LogP contribution in [0.25, 0.3) is 0 Å². The number of rotatable bonds is 5. The summed E-state index contributed by atoms with van der Waals surface area (Å²) in [5, 5.41) is 14.3. The van der Waals surface area contributed by atoms with Gasteiger partial charge in [0.15, 0.2) is 0 Å². The zero-order valence-electron chi connectivity index (χ0n) is 13.7. The van der Waals surface area contributed by atoms with Crippen molar-refractivity contribution in [1.82, 2.24) is 5.16 Å². The van der Waals surface area contributed by atoms with Gasteiger partial charge in [-0.05, 0) is 32.8 Å². The van der Waals surface area contributed by atoms with Gasteiger partial charge in [0.2, 0.25) is 5.90 Å². The fourth-order valence-corrected chi connectivity index (χ4v) is 2.68. The molecule has 0 bridgehead atoms. The number of benzene rings is 1. The minimum atomic E-state index is -0.530. The molecule has 122 valence electrons. The van der Waals surface area contributed by atoms with Gasteiger partial charge in [-0.3, -0.25) is 0 Å². The molecule has 0 saturated heterocycles. The van der Waals surface area contributed by atoms with Gasteiger partial charge < -0.3 is 14.4 Å². The van der Waals surface area contributed by atoms with Crippen LogP contribution in [0.3, 0.4) is 0 Å². The van der Waals surface area contributed by atoms with Crippen molar-refractivity contribution in [3.63, 3.8) is 0 Å². The SMILES string of the molecule is Cc1noc(CCC(O)c2ccccc2)c1C1=NC(C)(C)CO1. The van der Waals surface area contributed by atoms with Crippen LogP contribution >= 0.6 is 0 Å². The molecular formula is C18H22N2O3. The van der Waals surface area contributed by atoms with Crippen LogP contribution in [0, 0.1) is 6.92 Å². The van der Waals surface area contributed by atoms with Crippen molar-refractivity contribution < 1.29 is 14.4 Å². The molecular weight excluding hydrogens is 292 g/mol. The Kier molecular flexibility index (Phi) is 4.22. The van der Waals surface area contributed by atoms with Crippen LogP contribution in [-0.4, -0.2) is 28.3 Å². The second-order valence-corrected chi connectivity index (χ2v) is 6.55. The van der Waals surface area contributed by atoms with Gasteiger partial charge in [-0.1, -0.05) is 35.5 Å². The summed E-state index contributed by atoms with van der Waals surface area (Å²) in [5.74, 6) is 1.31. The Hall–Kier alpha value is -2.14. The third-order valence-corrected chi connectivity index (χ3v) is 3.94. The number of nitrogens with zero attached hydrogens (tertiary/aromatic N) is 2. The van der Waals surface area contributed by atoms with E-state index in [4.69, 9.17) is 9.26 Å². The molecule has 1 aliphatic rings. The van der Waals surface area contributed by atoms with Gasteiger partial charge in [0.05, 0.1) is 17.3 Å². The monoisotopic (exact) mass is 314 g/mol. The van der Waals surface area contributed by atoms with E-state index in [1.807, 2.05) is 51.1 Å². The highest BCUT2D eigenvalue weighted by atomic mass is 16.5. The normalized spacial score (nSPS) is 17.7. The zero-order valence-corrected chi connectivity index (χ0v) is 13.7. The largest absolute Gasteiger partial charge is 0.475 e. The first-order valence-electron chi connectivity index (χ1n) is 7.87. The third-order valence-electron chi connectivity index (χ3n) is 3.94. The molecule has 2 heterocycles. The molecule has 0 radical (unpaired) electrons. The van der Waals surface area contributed by atoms with Gasteiger partial charge in [0.1, 0.15) is 17.9 Å². The van der Waals surface area contributed by atoms with Gasteiger partial charge in [-0.25, -0.2) is 4.99 Å². The fourth-order valence-electron chi connectivity index (χ4n) is 2.68. The molecule has 1 N–H and O–H groups in total. The highest BCUT2D eigenvalue weighted by Crippen LogP contribution is 2.27. The number of aromatic nitrogens is 1. The van der Waals surface area contributed by atoms with Crippen LogP contribution in [0.15, 0.2) is 39.8 Å². The van der Waals surface area contributed by atoms with E-state index < -0.39 is 6.10 Å². The summed E-state index contributed by atoms with van der Waals surface area (Å²) in [7, 11) is 0. The molecule has 0 spiro atoms. The molecule has 0 aliphatic carbocycles. The number of aliphatic imine (C=N–C) groups is 1. The molecule has 0 fully saturated rings. The van der Waals surface area contributed by atoms with Crippen molar-refractivity contribution in [2.24, 2.45) is 4.99 Å². The van der Waals surface area contributed by atoms with E-state index in [1.165, 1.54) is 0 Å². The number of aryl methyl sites for hydroxylation is 2. The Balaban J connectivity index is 1.75. The number of hydrogen-bond acceptors (Lipinski definition) is 5. The average molecular weight is 314 g/mol. The molecule has 1 aromatic heterocycles. The summed E-state index contributed by atoms with van der Waals surface area (Å²) < 4.78 is 11.2. The summed E-state index contributed by atoms with van der Waals surface area (Å²) in [6, 6.07) is 9.62. The molecule has 23 heavy (non-hydrogen) atoms. The van der Waals surface area contributed by atoms with Crippen LogP contribution in [0.2, 0.25) is 0 Å². The van der Waals surface area contributed by atoms with Gasteiger partial charge in [0.25, 0.3) is 0 Å². The zero-order chi connectivity index (χ0) is 16.4. The molecule has 2 aromatic rings. The smallest absolute Gasteiger partial charge is 0.222 e. The number of hydrogen-bond donors (Lipinski definition) is 1. The molecule has 1 aliphatic heterocycles. The van der Waals surface area contributed by atoms with Crippen molar-refractivity contribution in [2.75, 3.05) is 6.61 Å². The summed E-state index contributed by atoms with van der Waals surface area (Å²) in [6.45, 7) is 6.50. The van der Waals surface area contributed by atoms with E-state index in [1.54, 1.807) is 0 Å². The Labute approximate surface area is 136 Å². The average Bonchev–Trinajstić information content (AvgIpc) is 3.07. The minimum Gasteiger partial charge on any atom is -0.475 e. The number of aliphatic hydroxyl groups is 1. The first-order chi connectivity index (χ1) is 11.0. The lowest BCUT2D eigenvalue weighted by atomic mass is 10.0. The van der Waals surface area contributed by atoms with Gasteiger partial charge >= 0.3 is 0 Å². The second kappa shape index (κ2) is 6.16. The van der Waals surface area contributed by atoms with E-state index in [0.29, 0.717) is 31.1 Å². The van der Waals surface area contributed by atoms with E-state index in [9.17, 15) is 5.11 Å². The molecule has 3 rings (SSSR count). The topological polar surface area (TPSA) is 67.9 Å². The molecule has 5 nitrogen and oxygen atoms in total. The van der Waals surface area contributed by atoms with E-state index in [2.05, 4.69) is 10.1 Å². The third kappa shape index (κ3) is 3.45. The maximum absolute atomic E-state index is 10.3. The number of aliphatic hydroxyl groups excluding tert-OH is 1. The predicted molar refractivity (Wildman–Crippen MR) is 87.5 cm³/mol. The van der Waals surface area contributed by atoms with E-state index in [0.717, 1.165) is 16.8 Å². The van der Waals surface area contributed by atoms with Crippen LogP contribution in [0.5, 0.6) is 0 Å². The van der Waals surface area contributed by atoms with Gasteiger partial charge in [-0.15, -0.1) is 0 Å². The summed E-state index contributed by atoms with van der Waals surface area (Å²) >= 11 is 0. The van der Waals surface area contributed by atoms with Crippen molar-refractivity contribution in [2.45, 2.75) is 45.3 Å². The Morgan fingerprint density at radius 2 is 2.00 bits per heavy atom. The van der Waals surface area contributed by atoms with E-state index >= 15 is 0 Å². The second-order valence-electron chi connectivity index (χ2n) is 6.55. The molecule has 0 saturated carbocycles. The summed E-state index contributed by atoms with van der Waals surface area (Å²) in [4.78, 5) is 4.60. The van der Waals surface area contributed by atoms with Crippen LogP contribution < -0.4 is 0 Å². The van der Waals surface area contributed by atoms with E-state index in [-0.39, 0.29) is 5.54 Å². The first-order valence-corrected chi connectivity index (χ1v) is 7.87. The lowest BCUT2D eigenvalue weighted by Gasteiger charge is -2.10. The summed E-state index contributed by atoms with van der Waals surface area (Å²) in [5.41, 5.74) is 2.28. The Morgan fingerprint density at radius 3 is 2.65 bits per heavy atom. The maximum Gasteiger partial charge on any atom is 0.222 e. The molecule has 0 amide bonds. The fraction of sp³-hybridized carbons (Fsp3) is 0.444. The van der Waals surface area contributed by atoms with Crippen LogP contribution in [0.1, 0.15) is 49.0 Å². The minimum absolute atomic E-state index is 0.222. The maximum atomic E-state index is 10.3. The highest BCUT2D eigenvalue weighted by molar-refractivity contribution is 5.97. The summed E-state index contributed by atoms with van der Waals surface area (Å²) in [6.07, 6.45) is 0.606. The molecule has 1 unspecified atom stereocenters. The van der Waals surface area contributed by atoms with Gasteiger partial charge in [-0.2, -0.15) is 0 Å². The van der Waals surface area contributed by atoms with Crippen molar-refractivity contribution in [1.29, 1.82) is 0 Å². The molecule has 5 heteroatoms. The van der Waals surface area contributed by atoms with Crippen molar-refractivity contribution >= 4 is 5.90 Å². The predicted octanol–water partition coefficient (Wildman–Crippen LogP) is 3.20. The van der Waals surface area contributed by atoms with Crippen LogP contribution in [0.4, 0.5) is 0 Å².